The topological polar surface area (TPSA) is 55.4 Å². The first-order valence-electron chi connectivity index (χ1n) is 15.7. The van der Waals surface area contributed by atoms with E-state index in [0.717, 1.165) is 39.7 Å². The van der Waals surface area contributed by atoms with Gasteiger partial charge in [-0.1, -0.05) is 83.9 Å². The van der Waals surface area contributed by atoms with Crippen LogP contribution < -0.4 is 5.32 Å². The highest BCUT2D eigenvalue weighted by molar-refractivity contribution is 6.30. The SMILES string of the molecule is COC(C)(C)C.Cc1cc(Cl)ccc1-c1ccc(NC(=O)Cc2ccc(C3=CCC(F)(F)CC3)cc2)c(F)c1.Cc1ccc(C=O)cc1. The summed E-state index contributed by atoms with van der Waals surface area (Å²) in [6, 6.07) is 24.8. The van der Waals surface area contributed by atoms with Gasteiger partial charge in [-0.15, -0.1) is 0 Å². The number of benzene rings is 4. The Balaban J connectivity index is 0.000000344. The van der Waals surface area contributed by atoms with E-state index in [2.05, 4.69) is 5.32 Å². The molecule has 4 aromatic rings. The highest BCUT2D eigenvalue weighted by atomic mass is 35.5. The third kappa shape index (κ3) is 12.4. The molecule has 0 spiro atoms. The molecule has 5 rings (SSSR count). The highest BCUT2D eigenvalue weighted by Crippen LogP contribution is 2.36. The number of ether oxygens (including phenoxy) is 1. The van der Waals surface area contributed by atoms with Crippen LogP contribution in [-0.2, 0) is 16.0 Å². The molecule has 1 aliphatic rings. The standard InChI is InChI=1S/C27H23ClF3NO.C8H8O.C5H12O/c1-17-14-22(28)7-8-23(17)21-6-9-25(24(29)16-21)32-26(33)15-18-2-4-19(5-3-18)20-10-12-27(30,31)13-11-20;1-7-2-4-8(6-9)5-3-7;1-5(2,3)6-4/h2-10,14,16H,11-13,15H2,1H3,(H,32,33);2-6H,1H3;1-4H3. The number of methoxy groups -OCH3 is 1. The number of aryl methyl sites for hydroxylation is 2. The summed E-state index contributed by atoms with van der Waals surface area (Å²) in [4.78, 5) is 22.6. The minimum atomic E-state index is -2.62. The Morgan fingerprint density at radius 2 is 1.56 bits per heavy atom. The van der Waals surface area contributed by atoms with Gasteiger partial charge < -0.3 is 10.1 Å². The van der Waals surface area contributed by atoms with Crippen molar-refractivity contribution in [3.8, 4) is 11.1 Å². The summed E-state index contributed by atoms with van der Waals surface area (Å²) < 4.78 is 46.3. The monoisotopic (exact) mass is 677 g/mol. The number of alkyl halides is 2. The number of nitrogens with one attached hydrogen (secondary N) is 1. The zero-order valence-electron chi connectivity index (χ0n) is 28.3. The van der Waals surface area contributed by atoms with Crippen molar-refractivity contribution in [2.75, 3.05) is 12.4 Å². The lowest BCUT2D eigenvalue weighted by atomic mass is 9.91. The van der Waals surface area contributed by atoms with Crippen molar-refractivity contribution < 1.29 is 27.5 Å². The number of carbonyl (C=O) groups is 2. The summed E-state index contributed by atoms with van der Waals surface area (Å²) in [6.07, 6.45) is 2.45. The molecule has 48 heavy (non-hydrogen) atoms. The molecule has 8 heteroatoms. The van der Waals surface area contributed by atoms with Crippen molar-refractivity contribution in [3.05, 3.63) is 130 Å². The van der Waals surface area contributed by atoms with Crippen molar-refractivity contribution in [1.82, 2.24) is 0 Å². The lowest BCUT2D eigenvalue weighted by Gasteiger charge is -2.21. The predicted octanol–water partition coefficient (Wildman–Crippen LogP) is 11.1. The van der Waals surface area contributed by atoms with E-state index in [1.54, 1.807) is 43.5 Å². The molecule has 254 valence electrons. The third-order valence-corrected chi connectivity index (χ3v) is 7.90. The van der Waals surface area contributed by atoms with E-state index in [0.29, 0.717) is 17.0 Å². The first kappa shape index (κ1) is 38.2. The fourth-order valence-electron chi connectivity index (χ4n) is 4.65. The average Bonchev–Trinajstić information content (AvgIpc) is 3.03. The molecule has 0 unspecified atom stereocenters. The van der Waals surface area contributed by atoms with Crippen LogP contribution in [0, 0.1) is 19.7 Å². The van der Waals surface area contributed by atoms with E-state index in [1.807, 2.05) is 83.1 Å². The van der Waals surface area contributed by atoms with Crippen LogP contribution in [0.15, 0.2) is 91.0 Å². The molecule has 4 nitrogen and oxygen atoms in total. The summed E-state index contributed by atoms with van der Waals surface area (Å²) in [5.74, 6) is -3.48. The first-order chi connectivity index (χ1) is 22.6. The van der Waals surface area contributed by atoms with Gasteiger partial charge in [-0.3, -0.25) is 9.59 Å². The average molecular weight is 678 g/mol. The Morgan fingerprint density at radius 1 is 0.938 bits per heavy atom. The van der Waals surface area contributed by atoms with Crippen LogP contribution >= 0.6 is 11.6 Å². The molecule has 0 heterocycles. The van der Waals surface area contributed by atoms with Crippen molar-refractivity contribution in [2.45, 2.75) is 71.8 Å². The van der Waals surface area contributed by atoms with Crippen LogP contribution in [0.3, 0.4) is 0 Å². The Bertz CT molecular complexity index is 1710. The molecule has 4 aromatic carbocycles. The minimum Gasteiger partial charge on any atom is -0.379 e. The van der Waals surface area contributed by atoms with Gasteiger partial charge in [0.05, 0.1) is 17.7 Å². The second-order valence-corrected chi connectivity index (χ2v) is 13.1. The molecule has 0 saturated heterocycles. The lowest BCUT2D eigenvalue weighted by molar-refractivity contribution is -0.115. The Morgan fingerprint density at radius 3 is 2.08 bits per heavy atom. The fourth-order valence-corrected chi connectivity index (χ4v) is 4.88. The van der Waals surface area contributed by atoms with Crippen molar-refractivity contribution >= 4 is 35.1 Å². The minimum absolute atomic E-state index is 0.0417. The Hall–Kier alpha value is -4.20. The Kier molecular flexibility index (Phi) is 13.8. The molecule has 0 fully saturated rings. The number of rotatable bonds is 6. The molecule has 0 aromatic heterocycles. The molecular formula is C40H43ClF3NO3. The van der Waals surface area contributed by atoms with E-state index in [1.165, 1.54) is 11.6 Å². The zero-order chi connectivity index (χ0) is 35.5. The van der Waals surface area contributed by atoms with E-state index < -0.39 is 11.7 Å². The number of carbonyl (C=O) groups excluding carboxylic acids is 2. The molecule has 0 saturated carbocycles. The molecule has 0 aliphatic heterocycles. The maximum Gasteiger partial charge on any atom is 0.251 e. The second kappa shape index (κ2) is 17.3. The third-order valence-electron chi connectivity index (χ3n) is 7.67. The van der Waals surface area contributed by atoms with Crippen LogP contribution in [0.5, 0.6) is 0 Å². The van der Waals surface area contributed by atoms with Crippen LogP contribution in [0.25, 0.3) is 16.7 Å². The lowest BCUT2D eigenvalue weighted by Crippen LogP contribution is -2.18. The smallest absolute Gasteiger partial charge is 0.251 e. The molecular weight excluding hydrogens is 635 g/mol. The number of hydrogen-bond acceptors (Lipinski definition) is 3. The zero-order valence-corrected chi connectivity index (χ0v) is 29.1. The largest absolute Gasteiger partial charge is 0.379 e. The summed E-state index contributed by atoms with van der Waals surface area (Å²) in [7, 11) is 1.71. The number of amides is 1. The maximum absolute atomic E-state index is 14.7. The van der Waals surface area contributed by atoms with E-state index >= 15 is 0 Å². The van der Waals surface area contributed by atoms with Gasteiger partial charge in [0.25, 0.3) is 5.92 Å². The van der Waals surface area contributed by atoms with Gasteiger partial charge in [-0.25, -0.2) is 13.2 Å². The van der Waals surface area contributed by atoms with Gasteiger partial charge in [-0.05, 0) is 98.7 Å². The van der Waals surface area contributed by atoms with Gasteiger partial charge in [0, 0.05) is 30.5 Å². The highest BCUT2D eigenvalue weighted by Gasteiger charge is 2.31. The summed E-state index contributed by atoms with van der Waals surface area (Å²) in [6.45, 7) is 9.96. The van der Waals surface area contributed by atoms with Crippen molar-refractivity contribution in [1.29, 1.82) is 0 Å². The number of aldehydes is 1. The molecule has 0 bridgehead atoms. The molecule has 0 atom stereocenters. The van der Waals surface area contributed by atoms with Gasteiger partial charge in [-0.2, -0.15) is 0 Å². The van der Waals surface area contributed by atoms with E-state index in [4.69, 9.17) is 16.3 Å². The number of anilines is 1. The van der Waals surface area contributed by atoms with E-state index in [-0.39, 0.29) is 36.5 Å². The number of hydrogen-bond donors (Lipinski definition) is 1. The van der Waals surface area contributed by atoms with Gasteiger partial charge in [0.1, 0.15) is 12.1 Å². The quantitative estimate of drug-likeness (QED) is 0.207. The van der Waals surface area contributed by atoms with Crippen LogP contribution in [0.4, 0.5) is 18.9 Å². The van der Waals surface area contributed by atoms with Crippen LogP contribution in [0.2, 0.25) is 5.02 Å². The van der Waals surface area contributed by atoms with E-state index in [9.17, 15) is 22.8 Å². The van der Waals surface area contributed by atoms with Gasteiger partial charge >= 0.3 is 0 Å². The van der Waals surface area contributed by atoms with Gasteiger partial charge in [0.2, 0.25) is 5.91 Å². The van der Waals surface area contributed by atoms with Crippen molar-refractivity contribution in [2.24, 2.45) is 0 Å². The summed E-state index contributed by atoms with van der Waals surface area (Å²) in [5, 5.41) is 3.23. The van der Waals surface area contributed by atoms with Crippen LogP contribution in [-0.4, -0.2) is 30.8 Å². The van der Waals surface area contributed by atoms with Gasteiger partial charge in [0.15, 0.2) is 0 Å². The fraction of sp³-hybridized carbons (Fsp3) is 0.300. The predicted molar refractivity (Wildman–Crippen MR) is 190 cm³/mol. The normalized spacial score (nSPS) is 13.6. The summed E-state index contributed by atoms with van der Waals surface area (Å²) >= 11 is 5.99. The summed E-state index contributed by atoms with van der Waals surface area (Å²) in [5.41, 5.74) is 7.11. The maximum atomic E-state index is 14.7. The molecule has 1 N–H and O–H groups in total. The Labute approximate surface area is 287 Å². The second-order valence-electron chi connectivity index (χ2n) is 12.7. The molecule has 1 aliphatic carbocycles. The molecule has 0 radical (unpaired) electrons. The molecule has 1 amide bonds. The van der Waals surface area contributed by atoms with Crippen molar-refractivity contribution in [3.63, 3.8) is 0 Å². The van der Waals surface area contributed by atoms with Crippen LogP contribution in [0.1, 0.15) is 72.6 Å². The number of allylic oxidation sites excluding steroid dienone is 2. The first-order valence-corrected chi connectivity index (χ1v) is 16.1. The number of halogens is 4.